The largest absolute Gasteiger partial charge is 0.478 e. The fraction of sp³-hybridized carbons (Fsp3) is 0.471. The van der Waals surface area contributed by atoms with Gasteiger partial charge in [-0.15, -0.1) is 0 Å². The van der Waals surface area contributed by atoms with Crippen LogP contribution in [0.2, 0.25) is 0 Å². The summed E-state index contributed by atoms with van der Waals surface area (Å²) in [6.07, 6.45) is 4.74. The fourth-order valence-electron chi connectivity index (χ4n) is 3.16. The van der Waals surface area contributed by atoms with E-state index in [1.807, 2.05) is 12.1 Å². The molecule has 1 aliphatic carbocycles. The lowest BCUT2D eigenvalue weighted by molar-refractivity contribution is -0.00276. The van der Waals surface area contributed by atoms with Gasteiger partial charge in [0.25, 0.3) is 0 Å². The van der Waals surface area contributed by atoms with E-state index in [-0.39, 0.29) is 18.3 Å². The van der Waals surface area contributed by atoms with Crippen LogP contribution in [-0.4, -0.2) is 17.2 Å². The molecule has 112 valence electrons. The van der Waals surface area contributed by atoms with Crippen molar-refractivity contribution in [2.75, 3.05) is 0 Å². The first kappa shape index (κ1) is 14.1. The van der Waals surface area contributed by atoms with E-state index in [1.165, 1.54) is 12.8 Å². The number of hydrogen-bond donors (Lipinski definition) is 1. The molecular weight excluding hydrogens is 268 g/mol. The molecule has 0 aliphatic heterocycles. The molecule has 2 atom stereocenters. The van der Waals surface area contributed by atoms with E-state index in [0.29, 0.717) is 22.6 Å². The highest BCUT2D eigenvalue weighted by atomic mass is 16.5. The van der Waals surface area contributed by atoms with Crippen molar-refractivity contribution in [1.82, 2.24) is 0 Å². The number of carboxylic acid groups (broad SMARTS) is 1. The second-order valence-electron chi connectivity index (χ2n) is 5.91. The zero-order chi connectivity index (χ0) is 14.8. The number of benzene rings is 1. The van der Waals surface area contributed by atoms with Crippen LogP contribution in [0.25, 0.3) is 11.0 Å². The van der Waals surface area contributed by atoms with Gasteiger partial charge in [-0.25, -0.2) is 4.79 Å². The number of fused-ring (bicyclic) bond motifs is 1. The molecule has 1 heterocycles. The van der Waals surface area contributed by atoms with Gasteiger partial charge in [0.15, 0.2) is 0 Å². The summed E-state index contributed by atoms with van der Waals surface area (Å²) in [4.78, 5) is 11.5. The van der Waals surface area contributed by atoms with Crippen LogP contribution >= 0.6 is 0 Å². The maximum Gasteiger partial charge on any atom is 0.340 e. The van der Waals surface area contributed by atoms with E-state index in [9.17, 15) is 9.90 Å². The molecule has 3 rings (SSSR count). The van der Waals surface area contributed by atoms with Gasteiger partial charge in [-0.05, 0) is 24.8 Å². The molecule has 1 fully saturated rings. The van der Waals surface area contributed by atoms with Crippen LogP contribution in [0.15, 0.2) is 28.7 Å². The van der Waals surface area contributed by atoms with Crippen LogP contribution in [-0.2, 0) is 11.3 Å². The SMILES string of the molecule is CC1CCCC(OCc2oc3ccccc3c2C(=O)O)C1. The molecular formula is C17H20O4. The normalized spacial score (nSPS) is 22.5. The zero-order valence-electron chi connectivity index (χ0n) is 12.2. The number of hydrogen-bond acceptors (Lipinski definition) is 3. The number of carbonyl (C=O) groups is 1. The summed E-state index contributed by atoms with van der Waals surface area (Å²) in [6, 6.07) is 7.21. The molecule has 0 bridgehead atoms. The number of ether oxygens (including phenoxy) is 1. The predicted molar refractivity (Wildman–Crippen MR) is 79.4 cm³/mol. The van der Waals surface area contributed by atoms with Crippen LogP contribution in [0.3, 0.4) is 0 Å². The Bertz CT molecular complexity index is 643. The molecule has 1 saturated carbocycles. The van der Waals surface area contributed by atoms with Crippen molar-refractivity contribution in [2.45, 2.75) is 45.3 Å². The number of para-hydroxylation sites is 1. The maximum absolute atomic E-state index is 11.5. The van der Waals surface area contributed by atoms with Crippen molar-refractivity contribution in [3.05, 3.63) is 35.6 Å². The highest BCUT2D eigenvalue weighted by molar-refractivity contribution is 6.03. The van der Waals surface area contributed by atoms with E-state index in [2.05, 4.69) is 6.92 Å². The summed E-state index contributed by atoms with van der Waals surface area (Å²) in [5, 5.41) is 10.1. The van der Waals surface area contributed by atoms with Crippen molar-refractivity contribution < 1.29 is 19.1 Å². The van der Waals surface area contributed by atoms with Crippen LogP contribution in [0.4, 0.5) is 0 Å². The van der Waals surface area contributed by atoms with E-state index in [1.54, 1.807) is 12.1 Å². The molecule has 4 nitrogen and oxygen atoms in total. The third-order valence-corrected chi connectivity index (χ3v) is 4.22. The second-order valence-corrected chi connectivity index (χ2v) is 5.91. The number of aromatic carboxylic acids is 1. The average Bonchev–Trinajstić information content (AvgIpc) is 2.83. The van der Waals surface area contributed by atoms with Gasteiger partial charge >= 0.3 is 5.97 Å². The monoisotopic (exact) mass is 288 g/mol. The molecule has 21 heavy (non-hydrogen) atoms. The van der Waals surface area contributed by atoms with Crippen LogP contribution in [0.5, 0.6) is 0 Å². The Kier molecular flexibility index (Phi) is 3.97. The summed E-state index contributed by atoms with van der Waals surface area (Å²) < 4.78 is 11.6. The Balaban J connectivity index is 1.80. The van der Waals surface area contributed by atoms with Gasteiger partial charge in [0, 0.05) is 5.39 Å². The van der Waals surface area contributed by atoms with Gasteiger partial charge in [-0.2, -0.15) is 0 Å². The van der Waals surface area contributed by atoms with Gasteiger partial charge in [-0.3, -0.25) is 0 Å². The molecule has 1 aliphatic rings. The lowest BCUT2D eigenvalue weighted by atomic mass is 9.89. The van der Waals surface area contributed by atoms with Crippen molar-refractivity contribution in [3.63, 3.8) is 0 Å². The van der Waals surface area contributed by atoms with Gasteiger partial charge in [0.1, 0.15) is 23.5 Å². The van der Waals surface area contributed by atoms with Gasteiger partial charge < -0.3 is 14.3 Å². The minimum absolute atomic E-state index is 0.212. The summed E-state index contributed by atoms with van der Waals surface area (Å²) >= 11 is 0. The fourth-order valence-corrected chi connectivity index (χ4v) is 3.16. The molecule has 0 amide bonds. The first-order chi connectivity index (χ1) is 10.1. The number of furan rings is 1. The maximum atomic E-state index is 11.5. The molecule has 1 N–H and O–H groups in total. The van der Waals surface area contributed by atoms with Crippen molar-refractivity contribution in [3.8, 4) is 0 Å². The molecule has 0 saturated heterocycles. The predicted octanol–water partition coefficient (Wildman–Crippen LogP) is 4.23. The van der Waals surface area contributed by atoms with Crippen LogP contribution in [0.1, 0.15) is 48.7 Å². The molecule has 2 aromatic rings. The second kappa shape index (κ2) is 5.90. The lowest BCUT2D eigenvalue weighted by Gasteiger charge is -2.26. The summed E-state index contributed by atoms with van der Waals surface area (Å²) in [6.45, 7) is 2.47. The van der Waals surface area contributed by atoms with Gasteiger partial charge in [0.2, 0.25) is 0 Å². The summed E-state index contributed by atoms with van der Waals surface area (Å²) in [7, 11) is 0. The lowest BCUT2D eigenvalue weighted by Crippen LogP contribution is -2.21. The molecule has 2 unspecified atom stereocenters. The van der Waals surface area contributed by atoms with Crippen LogP contribution in [0, 0.1) is 5.92 Å². The van der Waals surface area contributed by atoms with E-state index < -0.39 is 5.97 Å². The Hall–Kier alpha value is -1.81. The Morgan fingerprint density at radius 1 is 1.38 bits per heavy atom. The highest BCUT2D eigenvalue weighted by Gasteiger charge is 2.23. The zero-order valence-corrected chi connectivity index (χ0v) is 12.2. The number of rotatable bonds is 4. The first-order valence-electron chi connectivity index (χ1n) is 7.50. The molecule has 1 aromatic carbocycles. The molecule has 1 aromatic heterocycles. The van der Waals surface area contributed by atoms with E-state index in [0.717, 1.165) is 12.8 Å². The van der Waals surface area contributed by atoms with Gasteiger partial charge in [-0.1, -0.05) is 38.0 Å². The smallest absolute Gasteiger partial charge is 0.340 e. The quantitative estimate of drug-likeness (QED) is 0.914. The minimum atomic E-state index is -0.962. The van der Waals surface area contributed by atoms with Crippen LogP contribution < -0.4 is 0 Å². The standard InChI is InChI=1S/C17H20O4/c1-11-5-4-6-12(9-11)20-10-15-16(17(18)19)13-7-2-3-8-14(13)21-15/h2-3,7-8,11-12H,4-6,9-10H2,1H3,(H,18,19). The van der Waals surface area contributed by atoms with Crippen molar-refractivity contribution in [1.29, 1.82) is 0 Å². The third-order valence-electron chi connectivity index (χ3n) is 4.22. The highest BCUT2D eigenvalue weighted by Crippen LogP contribution is 2.29. The molecule has 0 radical (unpaired) electrons. The Morgan fingerprint density at radius 3 is 2.95 bits per heavy atom. The Labute approximate surface area is 123 Å². The summed E-state index contributed by atoms with van der Waals surface area (Å²) in [5.74, 6) is 0.135. The minimum Gasteiger partial charge on any atom is -0.478 e. The average molecular weight is 288 g/mol. The number of carboxylic acids is 1. The molecule has 4 heteroatoms. The summed E-state index contributed by atoms with van der Waals surface area (Å²) in [5.41, 5.74) is 0.833. The van der Waals surface area contributed by atoms with Gasteiger partial charge in [0.05, 0.1) is 6.10 Å². The third kappa shape index (κ3) is 2.95. The van der Waals surface area contributed by atoms with E-state index >= 15 is 0 Å². The molecule has 0 spiro atoms. The van der Waals surface area contributed by atoms with E-state index in [4.69, 9.17) is 9.15 Å². The Morgan fingerprint density at radius 2 is 2.19 bits per heavy atom. The van der Waals surface area contributed by atoms with Crippen molar-refractivity contribution >= 4 is 16.9 Å². The first-order valence-corrected chi connectivity index (χ1v) is 7.50. The topological polar surface area (TPSA) is 59.7 Å². The van der Waals surface area contributed by atoms with Crippen molar-refractivity contribution in [2.24, 2.45) is 5.92 Å².